The monoisotopic (exact) mass is 392 g/mol. The van der Waals surface area contributed by atoms with Crippen molar-refractivity contribution in [2.45, 2.75) is 20.0 Å². The molecule has 0 spiro atoms. The number of nitrogens with zero attached hydrogens (tertiary/aromatic N) is 1. The van der Waals surface area contributed by atoms with Gasteiger partial charge in [0.25, 0.3) is 5.91 Å². The molecule has 7 nitrogen and oxygen atoms in total. The fourth-order valence-electron chi connectivity index (χ4n) is 2.23. The van der Waals surface area contributed by atoms with Crippen LogP contribution in [0.1, 0.15) is 13.8 Å². The van der Waals surface area contributed by atoms with E-state index in [1.165, 1.54) is 11.4 Å². The summed E-state index contributed by atoms with van der Waals surface area (Å²) in [4.78, 5) is 12.3. The van der Waals surface area contributed by atoms with Crippen LogP contribution in [0.25, 0.3) is 0 Å². The lowest BCUT2D eigenvalue weighted by Gasteiger charge is -2.18. The summed E-state index contributed by atoms with van der Waals surface area (Å²) in [5.41, 5.74) is 1.15. The van der Waals surface area contributed by atoms with Crippen LogP contribution in [-0.4, -0.2) is 40.3 Å². The summed E-state index contributed by atoms with van der Waals surface area (Å²) in [6, 6.07) is 13.6. The van der Waals surface area contributed by atoms with Crippen molar-refractivity contribution in [3.8, 4) is 11.5 Å². The van der Waals surface area contributed by atoms with Crippen molar-refractivity contribution >= 4 is 27.3 Å². The van der Waals surface area contributed by atoms with Crippen LogP contribution in [0, 0.1) is 0 Å². The van der Waals surface area contributed by atoms with Crippen molar-refractivity contribution in [2.75, 3.05) is 29.5 Å². The molecule has 0 heterocycles. The fourth-order valence-corrected chi connectivity index (χ4v) is 2.73. The lowest BCUT2D eigenvalue weighted by molar-refractivity contribution is -0.122. The Morgan fingerprint density at radius 2 is 1.63 bits per heavy atom. The van der Waals surface area contributed by atoms with Gasteiger partial charge < -0.3 is 14.8 Å². The Morgan fingerprint density at radius 1 is 1.07 bits per heavy atom. The fraction of sp³-hybridized carbons (Fsp3) is 0.316. The van der Waals surface area contributed by atoms with E-state index in [-0.39, 0.29) is 5.91 Å². The van der Waals surface area contributed by atoms with Gasteiger partial charge in [-0.05, 0) is 62.4 Å². The average Bonchev–Trinajstić information content (AvgIpc) is 2.63. The van der Waals surface area contributed by atoms with Gasteiger partial charge in [-0.2, -0.15) is 0 Å². The van der Waals surface area contributed by atoms with Crippen molar-refractivity contribution in [2.24, 2.45) is 0 Å². The van der Waals surface area contributed by atoms with E-state index >= 15 is 0 Å². The molecule has 0 aromatic heterocycles. The Balaban J connectivity index is 1.95. The van der Waals surface area contributed by atoms with E-state index in [0.29, 0.717) is 23.7 Å². The number of anilines is 2. The first-order valence-electron chi connectivity index (χ1n) is 8.45. The van der Waals surface area contributed by atoms with Crippen molar-refractivity contribution in [3.63, 3.8) is 0 Å². The van der Waals surface area contributed by atoms with Crippen molar-refractivity contribution < 1.29 is 22.7 Å². The number of nitrogens with one attached hydrogen (secondary N) is 1. The molecule has 2 aromatic carbocycles. The van der Waals surface area contributed by atoms with E-state index in [2.05, 4.69) is 5.32 Å². The molecule has 8 heteroatoms. The van der Waals surface area contributed by atoms with E-state index in [9.17, 15) is 13.2 Å². The first-order chi connectivity index (χ1) is 12.7. The predicted molar refractivity (Wildman–Crippen MR) is 106 cm³/mol. The molecular weight excluding hydrogens is 368 g/mol. The minimum Gasteiger partial charge on any atom is -0.494 e. The van der Waals surface area contributed by atoms with Crippen molar-refractivity contribution in [3.05, 3.63) is 48.5 Å². The first-order valence-corrected chi connectivity index (χ1v) is 10.3. The second-order valence-corrected chi connectivity index (χ2v) is 7.94. The van der Waals surface area contributed by atoms with Gasteiger partial charge in [0, 0.05) is 12.7 Å². The molecule has 0 unspecified atom stereocenters. The maximum absolute atomic E-state index is 12.3. The Hall–Kier alpha value is -2.74. The van der Waals surface area contributed by atoms with Crippen molar-refractivity contribution in [1.29, 1.82) is 0 Å². The number of amides is 1. The third-order valence-corrected chi connectivity index (χ3v) is 5.02. The van der Waals surface area contributed by atoms with Gasteiger partial charge in [-0.15, -0.1) is 0 Å². The van der Waals surface area contributed by atoms with Crippen LogP contribution in [0.4, 0.5) is 11.4 Å². The summed E-state index contributed by atoms with van der Waals surface area (Å²) in [5.74, 6) is 0.908. The highest BCUT2D eigenvalue weighted by molar-refractivity contribution is 7.92. The summed E-state index contributed by atoms with van der Waals surface area (Å²) in [6.07, 6.45) is 0.403. The highest BCUT2D eigenvalue weighted by Crippen LogP contribution is 2.21. The highest BCUT2D eigenvalue weighted by atomic mass is 32.2. The quantitative estimate of drug-likeness (QED) is 0.747. The number of hydrogen-bond acceptors (Lipinski definition) is 5. The molecular formula is C19H24N2O5S. The van der Waals surface area contributed by atoms with Gasteiger partial charge in [-0.1, -0.05) is 0 Å². The summed E-state index contributed by atoms with van der Waals surface area (Å²) >= 11 is 0. The van der Waals surface area contributed by atoms with Crippen LogP contribution >= 0.6 is 0 Å². The summed E-state index contributed by atoms with van der Waals surface area (Å²) < 4.78 is 35.3. The smallest absolute Gasteiger partial charge is 0.265 e. The minimum absolute atomic E-state index is 0.295. The van der Waals surface area contributed by atoms with Gasteiger partial charge in [0.1, 0.15) is 11.5 Å². The molecule has 2 aromatic rings. The van der Waals surface area contributed by atoms with Gasteiger partial charge in [0.15, 0.2) is 6.10 Å². The number of carbonyl (C=O) groups is 1. The normalized spacial score (nSPS) is 12.1. The Kier molecular flexibility index (Phi) is 6.68. The molecule has 1 atom stereocenters. The first kappa shape index (κ1) is 20.6. The lowest BCUT2D eigenvalue weighted by atomic mass is 10.2. The van der Waals surface area contributed by atoms with Gasteiger partial charge in [0.05, 0.1) is 18.6 Å². The lowest BCUT2D eigenvalue weighted by Crippen LogP contribution is -2.30. The predicted octanol–water partition coefficient (Wildman–Crippen LogP) is 2.89. The molecule has 146 valence electrons. The Bertz CT molecular complexity index is 864. The molecule has 0 saturated carbocycles. The van der Waals surface area contributed by atoms with E-state index in [1.54, 1.807) is 55.5 Å². The second-order valence-electron chi connectivity index (χ2n) is 5.93. The molecule has 0 aliphatic rings. The Labute approximate surface area is 160 Å². The molecule has 1 N–H and O–H groups in total. The standard InChI is InChI=1S/C19H24N2O5S/c1-5-25-17-10-6-15(7-11-17)20-19(22)14(2)26-18-12-8-16(9-13-18)21(3)27(4,23)24/h6-14H,5H2,1-4H3,(H,20,22)/t14-/m1/s1. The average molecular weight is 392 g/mol. The SMILES string of the molecule is CCOc1ccc(NC(=O)[C@@H](C)Oc2ccc(N(C)S(C)(=O)=O)cc2)cc1. The van der Waals surface area contributed by atoms with Gasteiger partial charge in [0.2, 0.25) is 10.0 Å². The van der Waals surface area contributed by atoms with Crippen LogP contribution in [0.3, 0.4) is 0 Å². The largest absolute Gasteiger partial charge is 0.494 e. The molecule has 0 saturated heterocycles. The van der Waals surface area contributed by atoms with E-state index < -0.39 is 16.1 Å². The summed E-state index contributed by atoms with van der Waals surface area (Å²) in [7, 11) is -1.86. The number of benzene rings is 2. The third kappa shape index (κ3) is 5.89. The molecule has 2 rings (SSSR count). The zero-order valence-corrected chi connectivity index (χ0v) is 16.6. The summed E-state index contributed by atoms with van der Waals surface area (Å²) in [5, 5.41) is 2.77. The molecule has 0 fully saturated rings. The van der Waals surface area contributed by atoms with Crippen LogP contribution in [-0.2, 0) is 14.8 Å². The molecule has 27 heavy (non-hydrogen) atoms. The number of ether oxygens (including phenoxy) is 2. The topological polar surface area (TPSA) is 84.9 Å². The van der Waals surface area contributed by atoms with Gasteiger partial charge >= 0.3 is 0 Å². The zero-order valence-electron chi connectivity index (χ0n) is 15.8. The number of rotatable bonds is 8. The van der Waals surface area contributed by atoms with Gasteiger partial charge in [-0.25, -0.2) is 8.42 Å². The summed E-state index contributed by atoms with van der Waals surface area (Å²) in [6.45, 7) is 4.12. The zero-order chi connectivity index (χ0) is 20.0. The molecule has 0 aliphatic heterocycles. The van der Waals surface area contributed by atoms with E-state index in [0.717, 1.165) is 12.0 Å². The second kappa shape index (κ2) is 8.77. The van der Waals surface area contributed by atoms with Crippen LogP contribution in [0.5, 0.6) is 11.5 Å². The van der Waals surface area contributed by atoms with Crippen LogP contribution in [0.2, 0.25) is 0 Å². The van der Waals surface area contributed by atoms with Crippen LogP contribution in [0.15, 0.2) is 48.5 Å². The Morgan fingerprint density at radius 3 is 2.15 bits per heavy atom. The van der Waals surface area contributed by atoms with E-state index in [1.807, 2.05) is 6.92 Å². The minimum atomic E-state index is -3.33. The molecule has 0 bridgehead atoms. The molecule has 0 radical (unpaired) electrons. The third-order valence-electron chi connectivity index (χ3n) is 3.81. The maximum Gasteiger partial charge on any atom is 0.265 e. The molecule has 0 aliphatic carbocycles. The van der Waals surface area contributed by atoms with Crippen LogP contribution < -0.4 is 19.1 Å². The number of carbonyl (C=O) groups excluding carboxylic acids is 1. The molecule has 1 amide bonds. The van der Waals surface area contributed by atoms with E-state index in [4.69, 9.17) is 9.47 Å². The maximum atomic E-state index is 12.3. The number of hydrogen-bond donors (Lipinski definition) is 1. The number of sulfonamides is 1. The highest BCUT2D eigenvalue weighted by Gasteiger charge is 2.16. The van der Waals surface area contributed by atoms with Gasteiger partial charge in [-0.3, -0.25) is 9.10 Å². The van der Waals surface area contributed by atoms with Crippen molar-refractivity contribution in [1.82, 2.24) is 0 Å².